The molecular weight excluding hydrogens is 320 g/mol. The number of rotatable bonds is 6. The number of nitrogens with one attached hydrogen (secondary N) is 1. The molecule has 2 heterocycles. The van der Waals surface area contributed by atoms with E-state index in [1.54, 1.807) is 0 Å². The van der Waals surface area contributed by atoms with E-state index in [1.165, 1.54) is 35.3 Å². The van der Waals surface area contributed by atoms with Gasteiger partial charge >= 0.3 is 0 Å². The molecule has 2 nitrogen and oxygen atoms in total. The van der Waals surface area contributed by atoms with Gasteiger partial charge in [-0.3, -0.25) is 4.90 Å². The van der Waals surface area contributed by atoms with E-state index in [4.69, 9.17) is 0 Å². The highest BCUT2D eigenvalue weighted by molar-refractivity contribution is 9.10. The van der Waals surface area contributed by atoms with Gasteiger partial charge in [0.1, 0.15) is 0 Å². The Morgan fingerprint density at radius 1 is 1.42 bits per heavy atom. The van der Waals surface area contributed by atoms with Gasteiger partial charge in [0.25, 0.3) is 0 Å². The second-order valence-corrected chi connectivity index (χ2v) is 7.80. The summed E-state index contributed by atoms with van der Waals surface area (Å²) >= 11 is 5.41. The number of hydrogen-bond donors (Lipinski definition) is 1. The minimum atomic E-state index is 0.225. The number of likely N-dealkylation sites (tertiary alicyclic amines) is 1. The van der Waals surface area contributed by atoms with Crippen molar-refractivity contribution < 1.29 is 0 Å². The van der Waals surface area contributed by atoms with Gasteiger partial charge < -0.3 is 5.32 Å². The molecule has 0 amide bonds. The molecule has 2 rings (SSSR count). The maximum Gasteiger partial charge on any atom is 0.0309 e. The van der Waals surface area contributed by atoms with Crippen LogP contribution in [0, 0.1) is 0 Å². The highest BCUT2D eigenvalue weighted by Crippen LogP contribution is 2.28. The molecule has 0 saturated carbocycles. The van der Waals surface area contributed by atoms with Crippen LogP contribution in [0.1, 0.15) is 38.5 Å². The van der Waals surface area contributed by atoms with Crippen LogP contribution in [-0.2, 0) is 6.42 Å². The van der Waals surface area contributed by atoms with Crippen molar-refractivity contribution in [2.45, 2.75) is 51.6 Å². The molecule has 1 fully saturated rings. The summed E-state index contributed by atoms with van der Waals surface area (Å²) in [5.41, 5.74) is 0.225. The minimum absolute atomic E-state index is 0.225. The first-order valence-corrected chi connectivity index (χ1v) is 8.92. The Kier molecular flexibility index (Phi) is 5.46. The van der Waals surface area contributed by atoms with Gasteiger partial charge in [0, 0.05) is 26.3 Å². The molecule has 1 aromatic rings. The fourth-order valence-corrected chi connectivity index (χ4v) is 4.49. The van der Waals surface area contributed by atoms with Crippen molar-refractivity contribution in [3.05, 3.63) is 20.8 Å². The fraction of sp³-hybridized carbons (Fsp3) is 0.733. The van der Waals surface area contributed by atoms with Crippen LogP contribution in [0.5, 0.6) is 0 Å². The molecule has 1 aliphatic rings. The van der Waals surface area contributed by atoms with Crippen LogP contribution in [0.15, 0.2) is 15.9 Å². The molecule has 0 aliphatic carbocycles. The van der Waals surface area contributed by atoms with Crippen LogP contribution in [-0.4, -0.2) is 36.1 Å². The van der Waals surface area contributed by atoms with E-state index >= 15 is 0 Å². The lowest BCUT2D eigenvalue weighted by Crippen LogP contribution is -2.57. The first kappa shape index (κ1) is 15.5. The van der Waals surface area contributed by atoms with E-state index in [9.17, 15) is 0 Å². The molecule has 0 radical (unpaired) electrons. The molecule has 4 heteroatoms. The van der Waals surface area contributed by atoms with Gasteiger partial charge in [-0.15, -0.1) is 11.3 Å². The summed E-state index contributed by atoms with van der Waals surface area (Å²) in [5, 5.41) is 5.89. The van der Waals surface area contributed by atoms with Crippen molar-refractivity contribution in [3.8, 4) is 0 Å². The summed E-state index contributed by atoms with van der Waals surface area (Å²) in [5.74, 6) is 0. The molecule has 0 bridgehead atoms. The monoisotopic (exact) mass is 344 g/mol. The molecule has 1 atom stereocenters. The Hall–Kier alpha value is 0.1000. The third-order valence-corrected chi connectivity index (χ3v) is 5.97. The first-order valence-electron chi connectivity index (χ1n) is 7.25. The lowest BCUT2D eigenvalue weighted by Gasteiger charge is -2.42. The lowest BCUT2D eigenvalue weighted by molar-refractivity contribution is 0.107. The molecule has 1 aliphatic heterocycles. The van der Waals surface area contributed by atoms with E-state index in [0.29, 0.717) is 6.04 Å². The number of halogens is 1. The molecule has 108 valence electrons. The van der Waals surface area contributed by atoms with Gasteiger partial charge in [0.2, 0.25) is 0 Å². The van der Waals surface area contributed by atoms with Gasteiger partial charge in [-0.1, -0.05) is 6.92 Å². The number of nitrogens with zero attached hydrogens (tertiary/aromatic N) is 1. The molecule has 1 aromatic heterocycles. The van der Waals surface area contributed by atoms with Gasteiger partial charge in [-0.05, 0) is 74.7 Å². The second-order valence-electron chi connectivity index (χ2n) is 5.89. The first-order chi connectivity index (χ1) is 9.04. The predicted molar refractivity (Wildman–Crippen MR) is 88.1 cm³/mol. The zero-order valence-electron chi connectivity index (χ0n) is 12.2. The molecule has 1 unspecified atom stereocenters. The lowest BCUT2D eigenvalue weighted by atomic mass is 9.89. The zero-order chi connectivity index (χ0) is 13.9. The van der Waals surface area contributed by atoms with Crippen LogP contribution in [0.2, 0.25) is 0 Å². The average Bonchev–Trinajstić information content (AvgIpc) is 3.00. The third kappa shape index (κ3) is 3.81. The van der Waals surface area contributed by atoms with E-state index in [2.05, 4.69) is 58.4 Å². The SMILES string of the molecule is CCNC(Cc1cc(Br)cs1)C(C)(C)N1CCCC1. The van der Waals surface area contributed by atoms with E-state index in [-0.39, 0.29) is 5.54 Å². The Bertz CT molecular complexity index is 397. The van der Waals surface area contributed by atoms with Crippen molar-refractivity contribution >= 4 is 27.3 Å². The quantitative estimate of drug-likeness (QED) is 0.841. The summed E-state index contributed by atoms with van der Waals surface area (Å²) in [4.78, 5) is 4.12. The van der Waals surface area contributed by atoms with Crippen LogP contribution in [0.3, 0.4) is 0 Å². The number of hydrogen-bond acceptors (Lipinski definition) is 3. The minimum Gasteiger partial charge on any atom is -0.312 e. The summed E-state index contributed by atoms with van der Waals surface area (Å²) in [6.07, 6.45) is 3.83. The molecule has 0 aromatic carbocycles. The van der Waals surface area contributed by atoms with E-state index < -0.39 is 0 Å². The average molecular weight is 345 g/mol. The topological polar surface area (TPSA) is 15.3 Å². The maximum absolute atomic E-state index is 3.71. The number of thiophene rings is 1. The molecule has 0 spiro atoms. The smallest absolute Gasteiger partial charge is 0.0309 e. The molecule has 1 saturated heterocycles. The molecule has 19 heavy (non-hydrogen) atoms. The van der Waals surface area contributed by atoms with Gasteiger partial charge in [-0.25, -0.2) is 0 Å². The second kappa shape index (κ2) is 6.70. The Morgan fingerprint density at radius 2 is 2.11 bits per heavy atom. The van der Waals surface area contributed by atoms with Crippen molar-refractivity contribution in [3.63, 3.8) is 0 Å². The fourth-order valence-electron chi connectivity index (χ4n) is 2.99. The predicted octanol–water partition coefficient (Wildman–Crippen LogP) is 3.91. The number of likely N-dealkylation sites (N-methyl/N-ethyl adjacent to an activating group) is 1. The van der Waals surface area contributed by atoms with Gasteiger partial charge in [0.15, 0.2) is 0 Å². The highest BCUT2D eigenvalue weighted by Gasteiger charge is 2.36. The van der Waals surface area contributed by atoms with E-state index in [0.717, 1.165) is 13.0 Å². The summed E-state index contributed by atoms with van der Waals surface area (Å²) in [6.45, 7) is 10.5. The standard InChI is InChI=1S/C15H25BrN2S/c1-4-17-14(10-13-9-12(16)11-19-13)15(2,3)18-7-5-6-8-18/h9,11,14,17H,4-8,10H2,1-3H3. The van der Waals surface area contributed by atoms with Crippen LogP contribution < -0.4 is 5.32 Å². The van der Waals surface area contributed by atoms with Crippen LogP contribution in [0.25, 0.3) is 0 Å². The van der Waals surface area contributed by atoms with E-state index in [1.807, 2.05) is 11.3 Å². The van der Waals surface area contributed by atoms with Crippen molar-refractivity contribution in [2.75, 3.05) is 19.6 Å². The van der Waals surface area contributed by atoms with Crippen molar-refractivity contribution in [2.24, 2.45) is 0 Å². The Balaban J connectivity index is 2.09. The van der Waals surface area contributed by atoms with Crippen molar-refractivity contribution in [1.29, 1.82) is 0 Å². The van der Waals surface area contributed by atoms with Crippen LogP contribution >= 0.6 is 27.3 Å². The Labute approximate surface area is 129 Å². The van der Waals surface area contributed by atoms with Gasteiger partial charge in [0.05, 0.1) is 0 Å². The van der Waals surface area contributed by atoms with Crippen molar-refractivity contribution in [1.82, 2.24) is 10.2 Å². The highest BCUT2D eigenvalue weighted by atomic mass is 79.9. The Morgan fingerprint density at radius 3 is 2.63 bits per heavy atom. The maximum atomic E-state index is 3.71. The zero-order valence-corrected chi connectivity index (χ0v) is 14.6. The normalized spacial score (nSPS) is 18.9. The molecule has 1 N–H and O–H groups in total. The summed E-state index contributed by atoms with van der Waals surface area (Å²) in [6, 6.07) is 2.77. The summed E-state index contributed by atoms with van der Waals surface area (Å²) < 4.78 is 1.21. The third-order valence-electron chi connectivity index (χ3n) is 4.25. The van der Waals surface area contributed by atoms with Gasteiger partial charge in [-0.2, -0.15) is 0 Å². The van der Waals surface area contributed by atoms with Crippen LogP contribution in [0.4, 0.5) is 0 Å². The summed E-state index contributed by atoms with van der Waals surface area (Å²) in [7, 11) is 0. The molecular formula is C15H25BrN2S. The largest absolute Gasteiger partial charge is 0.312 e.